The third-order valence-corrected chi connectivity index (χ3v) is 3.98. The molecule has 6 nitrogen and oxygen atoms in total. The zero-order chi connectivity index (χ0) is 13.8. The van der Waals surface area contributed by atoms with Crippen molar-refractivity contribution in [1.29, 1.82) is 0 Å². The minimum Gasteiger partial charge on any atom is -0.481 e. The van der Waals surface area contributed by atoms with Crippen molar-refractivity contribution in [3.05, 3.63) is 0 Å². The van der Waals surface area contributed by atoms with Crippen LogP contribution in [0.5, 0.6) is 0 Å². The van der Waals surface area contributed by atoms with Crippen LogP contribution < -0.4 is 5.32 Å². The molecule has 0 radical (unpaired) electrons. The highest BCUT2D eigenvalue weighted by atomic mass is 16.4. The summed E-state index contributed by atoms with van der Waals surface area (Å²) >= 11 is 0. The van der Waals surface area contributed by atoms with Crippen LogP contribution in [-0.4, -0.2) is 65.7 Å². The van der Waals surface area contributed by atoms with E-state index in [-0.39, 0.29) is 18.5 Å². The molecule has 19 heavy (non-hydrogen) atoms. The first-order chi connectivity index (χ1) is 9.08. The van der Waals surface area contributed by atoms with Gasteiger partial charge in [0.15, 0.2) is 0 Å². The fourth-order valence-corrected chi connectivity index (χ4v) is 2.60. The summed E-state index contributed by atoms with van der Waals surface area (Å²) in [6.07, 6.45) is 4.32. The number of likely N-dealkylation sites (tertiary alicyclic amines) is 1. The highest BCUT2D eigenvalue weighted by molar-refractivity contribution is 5.76. The van der Waals surface area contributed by atoms with Crippen LogP contribution in [0.4, 0.5) is 4.79 Å². The summed E-state index contributed by atoms with van der Waals surface area (Å²) in [6, 6.07) is 0.564. The van der Waals surface area contributed by atoms with Crippen molar-refractivity contribution in [2.45, 2.75) is 44.2 Å². The van der Waals surface area contributed by atoms with Crippen molar-refractivity contribution in [2.24, 2.45) is 0 Å². The Bertz CT molecular complexity index is 344. The number of aliphatic carboxylic acids is 1. The lowest BCUT2D eigenvalue weighted by molar-refractivity contribution is -0.137. The van der Waals surface area contributed by atoms with Crippen LogP contribution in [-0.2, 0) is 4.79 Å². The summed E-state index contributed by atoms with van der Waals surface area (Å²) in [4.78, 5) is 26.7. The van der Waals surface area contributed by atoms with Crippen LogP contribution in [0.2, 0.25) is 0 Å². The van der Waals surface area contributed by atoms with E-state index in [2.05, 4.69) is 17.3 Å². The van der Waals surface area contributed by atoms with Gasteiger partial charge in [-0.2, -0.15) is 0 Å². The van der Waals surface area contributed by atoms with Gasteiger partial charge in [0.2, 0.25) is 0 Å². The Balaban J connectivity index is 1.77. The number of nitrogens with one attached hydrogen (secondary N) is 1. The van der Waals surface area contributed by atoms with Gasteiger partial charge in [-0.3, -0.25) is 4.79 Å². The standard InChI is InChI=1S/C13H23N3O3/c1-15-7-2-3-11(15)9-14-13(19)16(10-4-5-10)8-6-12(17)18/h10-11H,2-9H2,1H3,(H,14,19)(H,17,18). The average molecular weight is 269 g/mol. The highest BCUT2D eigenvalue weighted by Crippen LogP contribution is 2.27. The number of carbonyl (C=O) groups excluding carboxylic acids is 1. The lowest BCUT2D eigenvalue weighted by Gasteiger charge is -2.25. The van der Waals surface area contributed by atoms with E-state index in [9.17, 15) is 9.59 Å². The van der Waals surface area contributed by atoms with Gasteiger partial charge in [-0.05, 0) is 39.3 Å². The maximum absolute atomic E-state index is 12.1. The summed E-state index contributed by atoms with van der Waals surface area (Å²) in [5.74, 6) is -0.853. The average Bonchev–Trinajstić information content (AvgIpc) is 3.10. The zero-order valence-electron chi connectivity index (χ0n) is 11.5. The van der Waals surface area contributed by atoms with E-state index >= 15 is 0 Å². The first-order valence-electron chi connectivity index (χ1n) is 7.04. The normalized spacial score (nSPS) is 23.3. The van der Waals surface area contributed by atoms with E-state index in [1.54, 1.807) is 4.90 Å². The molecule has 0 aromatic carbocycles. The third-order valence-electron chi connectivity index (χ3n) is 3.98. The number of carbonyl (C=O) groups is 2. The molecular weight excluding hydrogens is 246 g/mol. The quantitative estimate of drug-likeness (QED) is 0.745. The zero-order valence-corrected chi connectivity index (χ0v) is 11.5. The van der Waals surface area contributed by atoms with Crippen molar-refractivity contribution in [1.82, 2.24) is 15.1 Å². The first kappa shape index (κ1) is 14.1. The van der Waals surface area contributed by atoms with Crippen molar-refractivity contribution in [3.8, 4) is 0 Å². The van der Waals surface area contributed by atoms with E-state index in [1.807, 2.05) is 0 Å². The molecule has 1 unspecified atom stereocenters. The largest absolute Gasteiger partial charge is 0.481 e. The molecule has 2 amide bonds. The van der Waals surface area contributed by atoms with Gasteiger partial charge >= 0.3 is 12.0 Å². The summed E-state index contributed by atoms with van der Waals surface area (Å²) in [5.41, 5.74) is 0. The summed E-state index contributed by atoms with van der Waals surface area (Å²) in [7, 11) is 2.08. The van der Waals surface area contributed by atoms with Crippen molar-refractivity contribution in [3.63, 3.8) is 0 Å². The second kappa shape index (κ2) is 6.23. The maximum Gasteiger partial charge on any atom is 0.317 e. The number of carboxylic acids is 1. The Kier molecular flexibility index (Phi) is 4.63. The molecule has 2 rings (SSSR count). The molecule has 0 aromatic heterocycles. The van der Waals surface area contributed by atoms with Crippen molar-refractivity contribution in [2.75, 3.05) is 26.7 Å². The van der Waals surface area contributed by atoms with Gasteiger partial charge in [-0.15, -0.1) is 0 Å². The van der Waals surface area contributed by atoms with Gasteiger partial charge in [0, 0.05) is 25.2 Å². The van der Waals surface area contributed by atoms with Crippen LogP contribution in [0.3, 0.4) is 0 Å². The molecule has 1 atom stereocenters. The Labute approximate surface area is 113 Å². The van der Waals surface area contributed by atoms with Crippen LogP contribution >= 0.6 is 0 Å². The minimum atomic E-state index is -0.853. The lowest BCUT2D eigenvalue weighted by atomic mass is 10.2. The molecule has 6 heteroatoms. The molecule has 0 aromatic rings. The molecule has 1 saturated heterocycles. The monoisotopic (exact) mass is 269 g/mol. The van der Waals surface area contributed by atoms with E-state index in [0.717, 1.165) is 25.8 Å². The third kappa shape index (κ3) is 4.09. The smallest absolute Gasteiger partial charge is 0.317 e. The molecule has 1 heterocycles. The van der Waals surface area contributed by atoms with Gasteiger partial charge in [0.05, 0.1) is 6.42 Å². The van der Waals surface area contributed by atoms with Gasteiger partial charge in [-0.1, -0.05) is 0 Å². The lowest BCUT2D eigenvalue weighted by Crippen LogP contribution is -2.46. The Morgan fingerprint density at radius 2 is 2.11 bits per heavy atom. The fourth-order valence-electron chi connectivity index (χ4n) is 2.60. The number of likely N-dealkylation sites (N-methyl/N-ethyl adjacent to an activating group) is 1. The number of rotatable bonds is 6. The second-order valence-electron chi connectivity index (χ2n) is 5.53. The van der Waals surface area contributed by atoms with Crippen LogP contribution in [0.1, 0.15) is 32.1 Å². The fraction of sp³-hybridized carbons (Fsp3) is 0.846. The SMILES string of the molecule is CN1CCCC1CNC(=O)N(CCC(=O)O)C1CC1. The van der Waals surface area contributed by atoms with Gasteiger partial charge in [-0.25, -0.2) is 4.79 Å². The summed E-state index contributed by atoms with van der Waals surface area (Å²) in [6.45, 7) is 2.06. The van der Waals surface area contributed by atoms with E-state index in [4.69, 9.17) is 5.11 Å². The molecule has 0 bridgehead atoms. The Morgan fingerprint density at radius 3 is 2.63 bits per heavy atom. The topological polar surface area (TPSA) is 72.9 Å². The number of carboxylic acid groups (broad SMARTS) is 1. The van der Waals surface area contributed by atoms with Gasteiger partial charge < -0.3 is 20.2 Å². The van der Waals surface area contributed by atoms with Crippen molar-refractivity contribution < 1.29 is 14.7 Å². The number of urea groups is 1. The molecule has 2 N–H and O–H groups in total. The molecule has 108 valence electrons. The predicted molar refractivity (Wildman–Crippen MR) is 71.0 cm³/mol. The van der Waals surface area contributed by atoms with Crippen LogP contribution in [0.15, 0.2) is 0 Å². The van der Waals surface area contributed by atoms with Crippen molar-refractivity contribution >= 4 is 12.0 Å². The van der Waals surface area contributed by atoms with E-state index < -0.39 is 5.97 Å². The van der Waals surface area contributed by atoms with E-state index in [0.29, 0.717) is 19.1 Å². The Morgan fingerprint density at radius 1 is 1.37 bits per heavy atom. The predicted octanol–water partition coefficient (Wildman–Crippen LogP) is 0.729. The van der Waals surface area contributed by atoms with E-state index in [1.165, 1.54) is 6.42 Å². The number of hydrogen-bond donors (Lipinski definition) is 2. The number of hydrogen-bond acceptors (Lipinski definition) is 3. The molecule has 1 aliphatic heterocycles. The van der Waals surface area contributed by atoms with Crippen LogP contribution in [0.25, 0.3) is 0 Å². The second-order valence-corrected chi connectivity index (χ2v) is 5.53. The summed E-state index contributed by atoms with van der Waals surface area (Å²) in [5, 5.41) is 11.7. The molecule has 2 fully saturated rings. The minimum absolute atomic E-state index is 0.0211. The molecule has 1 aliphatic carbocycles. The van der Waals surface area contributed by atoms with Gasteiger partial charge in [0.1, 0.15) is 0 Å². The first-order valence-corrected chi connectivity index (χ1v) is 7.04. The molecular formula is C13H23N3O3. The molecule has 2 aliphatic rings. The summed E-state index contributed by atoms with van der Waals surface area (Å²) < 4.78 is 0. The number of nitrogens with zero attached hydrogens (tertiary/aromatic N) is 2. The molecule has 0 spiro atoms. The Hall–Kier alpha value is -1.30. The molecule has 1 saturated carbocycles. The number of amides is 2. The maximum atomic E-state index is 12.1. The highest BCUT2D eigenvalue weighted by Gasteiger charge is 2.33. The van der Waals surface area contributed by atoms with Crippen LogP contribution in [0, 0.1) is 0 Å². The van der Waals surface area contributed by atoms with Gasteiger partial charge in [0.25, 0.3) is 0 Å².